The van der Waals surface area contributed by atoms with E-state index in [2.05, 4.69) is 96.7 Å². The highest BCUT2D eigenvalue weighted by molar-refractivity contribution is 5.93. The Labute approximate surface area is 229 Å². The maximum atomic E-state index is 4.68. The van der Waals surface area contributed by atoms with Crippen molar-refractivity contribution in [2.75, 3.05) is 0 Å². The smallest absolute Gasteiger partial charge is 0.0965 e. The van der Waals surface area contributed by atoms with E-state index in [-0.39, 0.29) is 0 Å². The first-order chi connectivity index (χ1) is 18.8. The Balaban J connectivity index is 1.43. The van der Waals surface area contributed by atoms with Crippen molar-refractivity contribution >= 4 is 35.3 Å². The van der Waals surface area contributed by atoms with Crippen molar-refractivity contribution in [3.8, 4) is 0 Å². The molecule has 0 saturated carbocycles. The third kappa shape index (κ3) is 8.25. The summed E-state index contributed by atoms with van der Waals surface area (Å²) in [6, 6.07) is 22.0. The van der Waals surface area contributed by atoms with Crippen molar-refractivity contribution in [1.29, 1.82) is 0 Å². The Morgan fingerprint density at radius 3 is 1.29 bits per heavy atom. The SMILES string of the molecule is CCCCCCc1ccc(/C=C/c2ccnc3c(/C=C/c4ccc(CCCCCC)cc4)ccnc23)cc1. The number of benzene rings is 2. The molecular formula is C36H42N2. The number of nitrogens with zero attached hydrogens (tertiary/aromatic N) is 2. The highest BCUT2D eigenvalue weighted by Crippen LogP contribution is 2.22. The molecule has 0 aliphatic rings. The van der Waals surface area contributed by atoms with Crippen LogP contribution in [0.2, 0.25) is 0 Å². The van der Waals surface area contributed by atoms with Gasteiger partial charge in [-0.2, -0.15) is 0 Å². The molecule has 0 saturated heterocycles. The van der Waals surface area contributed by atoms with Crippen LogP contribution < -0.4 is 0 Å². The number of unbranched alkanes of at least 4 members (excludes halogenated alkanes) is 6. The Morgan fingerprint density at radius 1 is 0.474 bits per heavy atom. The van der Waals surface area contributed by atoms with E-state index < -0.39 is 0 Å². The van der Waals surface area contributed by atoms with Crippen LogP contribution in [0.15, 0.2) is 73.1 Å². The molecule has 196 valence electrons. The van der Waals surface area contributed by atoms with Gasteiger partial charge in [-0.1, -0.05) is 125 Å². The van der Waals surface area contributed by atoms with E-state index in [0.29, 0.717) is 0 Å². The van der Waals surface area contributed by atoms with Gasteiger partial charge in [0.15, 0.2) is 0 Å². The molecule has 0 atom stereocenters. The first-order valence-electron chi connectivity index (χ1n) is 14.5. The number of rotatable bonds is 14. The Hall–Kier alpha value is -3.52. The third-order valence-electron chi connectivity index (χ3n) is 7.19. The zero-order valence-electron chi connectivity index (χ0n) is 23.2. The summed E-state index contributed by atoms with van der Waals surface area (Å²) in [5, 5.41) is 0. The topological polar surface area (TPSA) is 25.8 Å². The molecule has 38 heavy (non-hydrogen) atoms. The van der Waals surface area contributed by atoms with Gasteiger partial charge < -0.3 is 0 Å². The minimum atomic E-state index is 0.931. The van der Waals surface area contributed by atoms with Gasteiger partial charge in [0.25, 0.3) is 0 Å². The molecule has 0 unspecified atom stereocenters. The average molecular weight is 503 g/mol. The van der Waals surface area contributed by atoms with E-state index in [4.69, 9.17) is 0 Å². The van der Waals surface area contributed by atoms with Crippen molar-refractivity contribution in [1.82, 2.24) is 9.97 Å². The molecule has 2 heteroatoms. The summed E-state index contributed by atoms with van der Waals surface area (Å²) in [6.45, 7) is 4.52. The molecule has 0 spiro atoms. The van der Waals surface area contributed by atoms with E-state index >= 15 is 0 Å². The van der Waals surface area contributed by atoms with Crippen molar-refractivity contribution < 1.29 is 0 Å². The Morgan fingerprint density at radius 2 is 0.895 bits per heavy atom. The van der Waals surface area contributed by atoms with Crippen LogP contribution in [-0.2, 0) is 12.8 Å². The van der Waals surface area contributed by atoms with E-state index in [1.807, 2.05) is 24.5 Å². The number of aromatic nitrogens is 2. The van der Waals surface area contributed by atoms with Gasteiger partial charge in [0.1, 0.15) is 0 Å². The molecule has 0 aliphatic carbocycles. The maximum Gasteiger partial charge on any atom is 0.0965 e. The van der Waals surface area contributed by atoms with Gasteiger partial charge >= 0.3 is 0 Å². The second-order valence-corrected chi connectivity index (χ2v) is 10.3. The molecule has 0 bridgehead atoms. The third-order valence-corrected chi connectivity index (χ3v) is 7.19. The van der Waals surface area contributed by atoms with Crippen molar-refractivity contribution in [3.05, 3.63) is 106 Å². The summed E-state index contributed by atoms with van der Waals surface area (Å²) < 4.78 is 0. The molecule has 4 rings (SSSR count). The fraction of sp³-hybridized carbons (Fsp3) is 0.333. The molecule has 0 radical (unpaired) electrons. The van der Waals surface area contributed by atoms with Crippen LogP contribution in [0.3, 0.4) is 0 Å². The second kappa shape index (κ2) is 15.0. The number of aryl methyl sites for hydroxylation is 2. The van der Waals surface area contributed by atoms with Crippen LogP contribution >= 0.6 is 0 Å². The van der Waals surface area contributed by atoms with Crippen LogP contribution in [-0.4, -0.2) is 9.97 Å². The number of fused-ring (bicyclic) bond motifs is 1. The highest BCUT2D eigenvalue weighted by Gasteiger charge is 2.05. The summed E-state index contributed by atoms with van der Waals surface area (Å²) >= 11 is 0. The van der Waals surface area contributed by atoms with Gasteiger partial charge in [-0.05, 0) is 60.1 Å². The van der Waals surface area contributed by atoms with Gasteiger partial charge in [0.2, 0.25) is 0 Å². The van der Waals surface area contributed by atoms with Gasteiger partial charge in [-0.3, -0.25) is 9.97 Å². The molecule has 2 heterocycles. The van der Waals surface area contributed by atoms with Crippen LogP contribution in [0.1, 0.15) is 98.6 Å². The highest BCUT2D eigenvalue weighted by atomic mass is 14.7. The van der Waals surface area contributed by atoms with E-state index in [9.17, 15) is 0 Å². The second-order valence-electron chi connectivity index (χ2n) is 10.3. The predicted molar refractivity (Wildman–Crippen MR) is 166 cm³/mol. The van der Waals surface area contributed by atoms with Gasteiger partial charge in [-0.15, -0.1) is 0 Å². The van der Waals surface area contributed by atoms with Crippen molar-refractivity contribution in [2.24, 2.45) is 0 Å². The minimum absolute atomic E-state index is 0.931. The largest absolute Gasteiger partial charge is 0.254 e. The summed E-state index contributed by atoms with van der Waals surface area (Å²) in [4.78, 5) is 9.36. The Bertz CT molecular complexity index is 1210. The van der Waals surface area contributed by atoms with Crippen LogP contribution in [0.25, 0.3) is 35.3 Å². The van der Waals surface area contributed by atoms with E-state index in [1.165, 1.54) is 86.5 Å². The lowest BCUT2D eigenvalue weighted by atomic mass is 10.0. The van der Waals surface area contributed by atoms with Gasteiger partial charge in [0, 0.05) is 23.5 Å². The normalized spacial score (nSPS) is 11.7. The monoisotopic (exact) mass is 502 g/mol. The van der Waals surface area contributed by atoms with Gasteiger partial charge in [-0.25, -0.2) is 0 Å². The predicted octanol–water partition coefficient (Wildman–Crippen LogP) is 10.2. The van der Waals surface area contributed by atoms with Crippen LogP contribution in [0, 0.1) is 0 Å². The van der Waals surface area contributed by atoms with Crippen LogP contribution in [0.4, 0.5) is 0 Å². The van der Waals surface area contributed by atoms with E-state index in [0.717, 1.165) is 22.2 Å². The first-order valence-corrected chi connectivity index (χ1v) is 14.5. The summed E-state index contributed by atoms with van der Waals surface area (Å²) in [6.07, 6.45) is 25.2. The average Bonchev–Trinajstić information content (AvgIpc) is 2.96. The summed E-state index contributed by atoms with van der Waals surface area (Å²) in [5.41, 5.74) is 9.29. The van der Waals surface area contributed by atoms with Crippen LogP contribution in [0.5, 0.6) is 0 Å². The van der Waals surface area contributed by atoms with Crippen molar-refractivity contribution in [2.45, 2.75) is 78.1 Å². The molecule has 4 aromatic rings. The van der Waals surface area contributed by atoms with Crippen molar-refractivity contribution in [3.63, 3.8) is 0 Å². The molecule has 2 aromatic heterocycles. The number of hydrogen-bond donors (Lipinski definition) is 0. The standard InChI is InChI=1S/C36H42N2/c1-3-5-7-9-11-29-13-17-31(18-14-29)21-23-33-25-27-38-36-34(26-28-37-35(33)36)24-22-32-19-15-30(16-20-32)12-10-8-6-4-2/h13-28H,3-12H2,1-2H3/b23-21+,24-22+. The maximum absolute atomic E-state index is 4.68. The lowest BCUT2D eigenvalue weighted by molar-refractivity contribution is 0.667. The molecule has 2 aromatic carbocycles. The Kier molecular flexibility index (Phi) is 10.9. The minimum Gasteiger partial charge on any atom is -0.254 e. The summed E-state index contributed by atoms with van der Waals surface area (Å²) in [5.74, 6) is 0. The zero-order valence-corrected chi connectivity index (χ0v) is 23.2. The fourth-order valence-electron chi connectivity index (χ4n) is 4.83. The van der Waals surface area contributed by atoms with Gasteiger partial charge in [0.05, 0.1) is 11.0 Å². The fourth-order valence-corrected chi connectivity index (χ4v) is 4.83. The molecule has 0 amide bonds. The lowest BCUT2D eigenvalue weighted by Crippen LogP contribution is -1.89. The zero-order chi connectivity index (χ0) is 26.4. The molecule has 0 fully saturated rings. The molecular weight excluding hydrogens is 460 g/mol. The number of pyridine rings is 2. The molecule has 0 aliphatic heterocycles. The lowest BCUT2D eigenvalue weighted by Gasteiger charge is -2.05. The molecule has 0 N–H and O–H groups in total. The quantitative estimate of drug-likeness (QED) is 0.160. The molecule has 2 nitrogen and oxygen atoms in total. The number of hydrogen-bond acceptors (Lipinski definition) is 2. The van der Waals surface area contributed by atoms with E-state index in [1.54, 1.807) is 0 Å². The first kappa shape index (κ1) is 27.5. The summed E-state index contributed by atoms with van der Waals surface area (Å²) in [7, 11) is 0.